The van der Waals surface area contributed by atoms with E-state index in [1.807, 2.05) is 13.8 Å². The highest BCUT2D eigenvalue weighted by molar-refractivity contribution is 7.89. The van der Waals surface area contributed by atoms with Crippen LogP contribution in [0.15, 0.2) is 15.4 Å². The lowest BCUT2D eigenvalue weighted by Gasteiger charge is -2.27. The lowest BCUT2D eigenvalue weighted by Crippen LogP contribution is -2.40. The molecular formula is C14H26N2O4S. The molecule has 0 fully saturated rings. The van der Waals surface area contributed by atoms with Crippen molar-refractivity contribution >= 4 is 10.0 Å². The second kappa shape index (κ2) is 7.93. The normalized spacial score (nSPS) is 13.8. The van der Waals surface area contributed by atoms with Crippen LogP contribution in [0.5, 0.6) is 0 Å². The maximum atomic E-state index is 12.9. The molecule has 0 saturated heterocycles. The van der Waals surface area contributed by atoms with Crippen molar-refractivity contribution in [3.05, 3.63) is 17.6 Å². The van der Waals surface area contributed by atoms with Crippen molar-refractivity contribution < 1.29 is 17.6 Å². The maximum Gasteiger partial charge on any atom is 0.246 e. The van der Waals surface area contributed by atoms with E-state index in [2.05, 4.69) is 5.32 Å². The Bertz CT molecular complexity index is 539. The summed E-state index contributed by atoms with van der Waals surface area (Å²) < 4.78 is 37.8. The van der Waals surface area contributed by atoms with Gasteiger partial charge in [-0.15, -0.1) is 0 Å². The van der Waals surface area contributed by atoms with Crippen molar-refractivity contribution in [1.29, 1.82) is 0 Å². The van der Waals surface area contributed by atoms with Gasteiger partial charge in [-0.1, -0.05) is 6.92 Å². The van der Waals surface area contributed by atoms with Crippen molar-refractivity contribution in [2.75, 3.05) is 27.3 Å². The molecule has 21 heavy (non-hydrogen) atoms. The summed E-state index contributed by atoms with van der Waals surface area (Å²) in [6.07, 6.45) is 0.739. The van der Waals surface area contributed by atoms with E-state index in [1.165, 1.54) is 4.31 Å². The Hall–Kier alpha value is -0.890. The summed E-state index contributed by atoms with van der Waals surface area (Å²) in [6.45, 7) is 6.74. The fourth-order valence-corrected chi connectivity index (χ4v) is 4.01. The number of aryl methyl sites for hydroxylation is 1. The van der Waals surface area contributed by atoms with E-state index in [0.29, 0.717) is 31.2 Å². The predicted octanol–water partition coefficient (Wildman–Crippen LogP) is 1.74. The summed E-state index contributed by atoms with van der Waals surface area (Å²) >= 11 is 0. The smallest absolute Gasteiger partial charge is 0.246 e. The summed E-state index contributed by atoms with van der Waals surface area (Å²) in [5.74, 6) is 1.04. The first-order valence-corrected chi connectivity index (χ1v) is 8.57. The van der Waals surface area contributed by atoms with Crippen LogP contribution in [0.4, 0.5) is 0 Å². The van der Waals surface area contributed by atoms with Gasteiger partial charge in [0.05, 0.1) is 13.2 Å². The fraction of sp³-hybridized carbons (Fsp3) is 0.714. The minimum atomic E-state index is -3.58. The Labute approximate surface area is 127 Å². The SMILES string of the molecule is CCC(C)N(CCOC)S(=O)(=O)c1cc(CNC)oc1C. The molecule has 0 aromatic carbocycles. The van der Waals surface area contributed by atoms with Crippen LogP contribution in [-0.2, 0) is 21.3 Å². The van der Waals surface area contributed by atoms with Gasteiger partial charge in [0.2, 0.25) is 10.0 Å². The molecule has 0 aliphatic carbocycles. The molecule has 6 nitrogen and oxygen atoms in total. The van der Waals surface area contributed by atoms with E-state index in [4.69, 9.17) is 9.15 Å². The zero-order chi connectivity index (χ0) is 16.0. The van der Waals surface area contributed by atoms with Gasteiger partial charge in [-0.2, -0.15) is 4.31 Å². The minimum Gasteiger partial charge on any atom is -0.464 e. The summed E-state index contributed by atoms with van der Waals surface area (Å²) in [5, 5.41) is 2.95. The largest absolute Gasteiger partial charge is 0.464 e. The minimum absolute atomic E-state index is 0.0906. The predicted molar refractivity (Wildman–Crippen MR) is 81.7 cm³/mol. The number of hydrogen-bond donors (Lipinski definition) is 1. The number of rotatable bonds is 9. The summed E-state index contributed by atoms with van der Waals surface area (Å²) in [7, 11) is -0.228. The van der Waals surface area contributed by atoms with Gasteiger partial charge in [-0.05, 0) is 27.3 Å². The average molecular weight is 318 g/mol. The summed E-state index contributed by atoms with van der Waals surface area (Å²) in [5.41, 5.74) is 0. The van der Waals surface area contributed by atoms with Gasteiger partial charge in [0, 0.05) is 25.8 Å². The second-order valence-corrected chi connectivity index (χ2v) is 6.89. The highest BCUT2D eigenvalue weighted by Crippen LogP contribution is 2.25. The first-order valence-electron chi connectivity index (χ1n) is 7.13. The van der Waals surface area contributed by atoms with E-state index in [9.17, 15) is 8.42 Å². The molecule has 0 aliphatic rings. The molecule has 1 rings (SSSR count). The lowest BCUT2D eigenvalue weighted by atomic mass is 10.3. The maximum absolute atomic E-state index is 12.9. The molecule has 1 atom stereocenters. The first-order chi connectivity index (χ1) is 9.88. The third-order valence-corrected chi connectivity index (χ3v) is 5.58. The van der Waals surface area contributed by atoms with E-state index in [0.717, 1.165) is 6.42 Å². The van der Waals surface area contributed by atoms with E-state index < -0.39 is 10.0 Å². The van der Waals surface area contributed by atoms with Gasteiger partial charge >= 0.3 is 0 Å². The first kappa shape index (κ1) is 18.2. The van der Waals surface area contributed by atoms with E-state index in [-0.39, 0.29) is 10.9 Å². The van der Waals surface area contributed by atoms with Crippen LogP contribution in [0.25, 0.3) is 0 Å². The average Bonchev–Trinajstić information content (AvgIpc) is 2.80. The van der Waals surface area contributed by atoms with Crippen molar-refractivity contribution in [1.82, 2.24) is 9.62 Å². The van der Waals surface area contributed by atoms with Crippen molar-refractivity contribution in [3.63, 3.8) is 0 Å². The summed E-state index contributed by atoms with van der Waals surface area (Å²) in [6, 6.07) is 1.51. The number of ether oxygens (including phenoxy) is 1. The van der Waals surface area contributed by atoms with Gasteiger partial charge in [-0.25, -0.2) is 8.42 Å². The number of hydrogen-bond acceptors (Lipinski definition) is 5. The molecule has 0 saturated carbocycles. The van der Waals surface area contributed by atoms with Crippen LogP contribution in [0.2, 0.25) is 0 Å². The zero-order valence-electron chi connectivity index (χ0n) is 13.5. The van der Waals surface area contributed by atoms with Gasteiger partial charge in [0.25, 0.3) is 0 Å². The molecule has 0 amide bonds. The molecule has 122 valence electrons. The standard InChI is InChI=1S/C14H26N2O4S/c1-6-11(2)16(7-8-19-5)21(17,18)14-9-13(10-15-4)20-12(14)3/h9,11,15H,6-8,10H2,1-5H3. The van der Waals surface area contributed by atoms with Crippen LogP contribution >= 0.6 is 0 Å². The molecule has 1 heterocycles. The lowest BCUT2D eigenvalue weighted by molar-refractivity contribution is 0.167. The highest BCUT2D eigenvalue weighted by Gasteiger charge is 2.31. The molecule has 0 bridgehead atoms. The van der Waals surface area contributed by atoms with Crippen LogP contribution < -0.4 is 5.32 Å². The van der Waals surface area contributed by atoms with E-state index >= 15 is 0 Å². The number of nitrogens with zero attached hydrogens (tertiary/aromatic N) is 1. The molecular weight excluding hydrogens is 292 g/mol. The van der Waals surface area contributed by atoms with Crippen molar-refractivity contribution in [2.45, 2.75) is 44.7 Å². The number of methoxy groups -OCH3 is 1. The molecule has 1 aromatic rings. The molecule has 0 spiro atoms. The van der Waals surface area contributed by atoms with Crippen LogP contribution in [-0.4, -0.2) is 46.1 Å². The molecule has 0 radical (unpaired) electrons. The third kappa shape index (κ3) is 4.29. The number of furan rings is 1. The quantitative estimate of drug-likeness (QED) is 0.751. The van der Waals surface area contributed by atoms with Crippen LogP contribution in [0.3, 0.4) is 0 Å². The van der Waals surface area contributed by atoms with Gasteiger partial charge in [0.15, 0.2) is 0 Å². The highest BCUT2D eigenvalue weighted by atomic mass is 32.2. The second-order valence-electron chi connectivity index (χ2n) is 5.03. The molecule has 1 unspecified atom stereocenters. The van der Waals surface area contributed by atoms with E-state index in [1.54, 1.807) is 27.1 Å². The molecule has 1 N–H and O–H groups in total. The topological polar surface area (TPSA) is 71.8 Å². The summed E-state index contributed by atoms with van der Waals surface area (Å²) in [4.78, 5) is 0.240. The zero-order valence-corrected chi connectivity index (χ0v) is 14.3. The Morgan fingerprint density at radius 2 is 2.14 bits per heavy atom. The van der Waals surface area contributed by atoms with Gasteiger partial charge in [0.1, 0.15) is 16.4 Å². The molecule has 7 heteroatoms. The van der Waals surface area contributed by atoms with Crippen molar-refractivity contribution in [2.24, 2.45) is 0 Å². The van der Waals surface area contributed by atoms with Gasteiger partial charge < -0.3 is 14.5 Å². The van der Waals surface area contributed by atoms with Crippen LogP contribution in [0.1, 0.15) is 31.8 Å². The fourth-order valence-electron chi connectivity index (χ4n) is 2.13. The van der Waals surface area contributed by atoms with Crippen LogP contribution in [0, 0.1) is 6.92 Å². The number of nitrogens with one attached hydrogen (secondary N) is 1. The number of sulfonamides is 1. The Morgan fingerprint density at radius 1 is 1.48 bits per heavy atom. The Balaban J connectivity index is 3.15. The van der Waals surface area contributed by atoms with Crippen molar-refractivity contribution in [3.8, 4) is 0 Å². The monoisotopic (exact) mass is 318 g/mol. The Morgan fingerprint density at radius 3 is 2.67 bits per heavy atom. The van der Waals surface area contributed by atoms with Gasteiger partial charge in [-0.3, -0.25) is 0 Å². The molecule has 1 aromatic heterocycles. The molecule has 0 aliphatic heterocycles. The Kier molecular flexibility index (Phi) is 6.86. The third-order valence-electron chi connectivity index (χ3n) is 3.46.